The van der Waals surface area contributed by atoms with Gasteiger partial charge in [-0.3, -0.25) is 0 Å². The zero-order valence-electron chi connectivity index (χ0n) is 14.2. The van der Waals surface area contributed by atoms with Gasteiger partial charge >= 0.3 is 6.03 Å². The van der Waals surface area contributed by atoms with Crippen molar-refractivity contribution in [3.63, 3.8) is 0 Å². The molecule has 1 aliphatic heterocycles. The van der Waals surface area contributed by atoms with Gasteiger partial charge in [-0.2, -0.15) is 0 Å². The quantitative estimate of drug-likeness (QED) is 0.845. The number of amides is 2. The molecule has 0 bridgehead atoms. The first-order valence-corrected chi connectivity index (χ1v) is 9.77. The molecular formula is C18H28N2O2S. The third kappa shape index (κ3) is 3.89. The summed E-state index contributed by atoms with van der Waals surface area (Å²) >= 11 is 1.80. The maximum absolute atomic E-state index is 12.4. The molecule has 3 rings (SSSR count). The highest BCUT2D eigenvalue weighted by Gasteiger charge is 2.28. The molecule has 1 aliphatic carbocycles. The minimum absolute atomic E-state index is 0.0367. The first-order chi connectivity index (χ1) is 11.2. The van der Waals surface area contributed by atoms with Crippen LogP contribution in [0.25, 0.3) is 0 Å². The lowest BCUT2D eigenvalue weighted by molar-refractivity contribution is -0.00282. The van der Waals surface area contributed by atoms with Gasteiger partial charge in [-0.1, -0.05) is 19.8 Å². The fourth-order valence-corrected chi connectivity index (χ4v) is 4.75. The number of hydrogen-bond acceptors (Lipinski definition) is 3. The molecule has 128 valence electrons. The van der Waals surface area contributed by atoms with Gasteiger partial charge in [-0.25, -0.2) is 4.79 Å². The summed E-state index contributed by atoms with van der Waals surface area (Å²) in [6.07, 6.45) is 6.39. The molecule has 1 fully saturated rings. The predicted molar refractivity (Wildman–Crippen MR) is 93.9 cm³/mol. The van der Waals surface area contributed by atoms with Crippen LogP contribution in [0, 0.1) is 5.92 Å². The summed E-state index contributed by atoms with van der Waals surface area (Å²) in [4.78, 5) is 15.8. The van der Waals surface area contributed by atoms with E-state index < -0.39 is 0 Å². The van der Waals surface area contributed by atoms with E-state index in [1.807, 2.05) is 4.90 Å². The molecule has 0 radical (unpaired) electrons. The first-order valence-electron chi connectivity index (χ1n) is 8.89. The third-order valence-electron chi connectivity index (χ3n) is 5.28. The molecule has 2 aliphatic rings. The van der Waals surface area contributed by atoms with Gasteiger partial charge in [0.05, 0.1) is 18.8 Å². The number of thiophene rings is 1. The number of urea groups is 1. The van der Waals surface area contributed by atoms with Crippen LogP contribution in [-0.4, -0.2) is 36.7 Å². The first kappa shape index (κ1) is 16.8. The van der Waals surface area contributed by atoms with E-state index in [1.54, 1.807) is 11.3 Å². The highest BCUT2D eigenvalue weighted by atomic mass is 32.1. The van der Waals surface area contributed by atoms with Gasteiger partial charge in [-0.05, 0) is 49.1 Å². The minimum atomic E-state index is 0.0367. The average Bonchev–Trinajstić information content (AvgIpc) is 3.03. The third-order valence-corrected chi connectivity index (χ3v) is 6.28. The second-order valence-corrected chi connectivity index (χ2v) is 7.82. The molecule has 0 unspecified atom stereocenters. The van der Waals surface area contributed by atoms with Crippen LogP contribution in [0.2, 0.25) is 0 Å². The van der Waals surface area contributed by atoms with Crippen LogP contribution in [0.3, 0.4) is 0 Å². The summed E-state index contributed by atoms with van der Waals surface area (Å²) in [5, 5.41) is 5.15. The Morgan fingerprint density at radius 3 is 3.04 bits per heavy atom. The van der Waals surface area contributed by atoms with E-state index in [-0.39, 0.29) is 12.1 Å². The second-order valence-electron chi connectivity index (χ2n) is 6.82. The van der Waals surface area contributed by atoms with E-state index in [9.17, 15) is 4.79 Å². The van der Waals surface area contributed by atoms with Crippen molar-refractivity contribution in [2.75, 3.05) is 19.7 Å². The predicted octanol–water partition coefficient (Wildman–Crippen LogP) is 3.97. The summed E-state index contributed by atoms with van der Waals surface area (Å²) in [6.45, 7) is 6.41. The van der Waals surface area contributed by atoms with Crippen molar-refractivity contribution in [2.24, 2.45) is 5.92 Å². The largest absolute Gasteiger partial charge is 0.376 e. The van der Waals surface area contributed by atoms with Gasteiger partial charge in [0.15, 0.2) is 0 Å². The van der Waals surface area contributed by atoms with Gasteiger partial charge in [0.1, 0.15) is 0 Å². The molecule has 4 nitrogen and oxygen atoms in total. The van der Waals surface area contributed by atoms with E-state index in [0.29, 0.717) is 25.2 Å². The minimum Gasteiger partial charge on any atom is -0.376 e. The number of nitrogens with one attached hydrogen (secondary N) is 1. The average molecular weight is 337 g/mol. The number of rotatable bonds is 4. The van der Waals surface area contributed by atoms with E-state index >= 15 is 0 Å². The van der Waals surface area contributed by atoms with Crippen LogP contribution >= 0.6 is 11.3 Å². The monoisotopic (exact) mass is 336 g/mol. The van der Waals surface area contributed by atoms with Crippen LogP contribution in [0.4, 0.5) is 4.79 Å². The molecule has 0 aromatic carbocycles. The van der Waals surface area contributed by atoms with Gasteiger partial charge in [0.25, 0.3) is 0 Å². The summed E-state index contributed by atoms with van der Waals surface area (Å²) in [5.41, 5.74) is 1.31. The Morgan fingerprint density at radius 2 is 2.22 bits per heavy atom. The molecule has 0 spiro atoms. The Bertz CT molecular complexity index is 531. The molecule has 2 heterocycles. The Hall–Kier alpha value is -1.07. The lowest BCUT2D eigenvalue weighted by Crippen LogP contribution is -2.45. The van der Waals surface area contributed by atoms with Crippen molar-refractivity contribution in [3.05, 3.63) is 21.9 Å². The Kier molecular flexibility index (Phi) is 5.59. The lowest BCUT2D eigenvalue weighted by atomic mass is 9.88. The SMILES string of the molecule is C[C@@H]1CCCC[C@H]1OCCNC(=O)N1CCc2sccc2[C@@H]1C. The van der Waals surface area contributed by atoms with Crippen molar-refractivity contribution in [2.45, 2.75) is 58.1 Å². The smallest absolute Gasteiger partial charge is 0.317 e. The molecule has 1 saturated carbocycles. The van der Waals surface area contributed by atoms with Gasteiger partial charge in [0, 0.05) is 18.0 Å². The standard InChI is InChI=1S/C18H28N2O2S/c1-13-5-3-4-6-16(13)22-11-9-19-18(21)20-10-7-17-15(14(20)2)8-12-23-17/h8,12-14,16H,3-7,9-11H2,1-2H3,(H,19,21)/t13-,14+,16-/m1/s1. The van der Waals surface area contributed by atoms with Gasteiger partial charge in [0.2, 0.25) is 0 Å². The number of ether oxygens (including phenoxy) is 1. The highest BCUT2D eigenvalue weighted by Crippen LogP contribution is 2.32. The molecular weight excluding hydrogens is 308 g/mol. The molecule has 23 heavy (non-hydrogen) atoms. The van der Waals surface area contributed by atoms with E-state index in [4.69, 9.17) is 4.74 Å². The molecule has 3 atom stereocenters. The van der Waals surface area contributed by atoms with Crippen LogP contribution in [0.15, 0.2) is 11.4 Å². The van der Waals surface area contributed by atoms with Crippen molar-refractivity contribution in [1.82, 2.24) is 10.2 Å². The molecule has 5 heteroatoms. The van der Waals surface area contributed by atoms with E-state index in [0.717, 1.165) is 13.0 Å². The molecule has 1 N–H and O–H groups in total. The van der Waals surface area contributed by atoms with Crippen LogP contribution in [-0.2, 0) is 11.2 Å². The maximum Gasteiger partial charge on any atom is 0.317 e. The molecule has 0 saturated heterocycles. The number of nitrogens with zero attached hydrogens (tertiary/aromatic N) is 1. The van der Waals surface area contributed by atoms with Crippen molar-refractivity contribution in [1.29, 1.82) is 0 Å². The number of carbonyl (C=O) groups is 1. The van der Waals surface area contributed by atoms with E-state index in [1.165, 1.54) is 36.1 Å². The summed E-state index contributed by atoms with van der Waals surface area (Å²) in [6, 6.07) is 2.36. The zero-order chi connectivity index (χ0) is 16.2. The van der Waals surface area contributed by atoms with Gasteiger partial charge < -0.3 is 15.0 Å². The normalized spacial score (nSPS) is 27.6. The summed E-state index contributed by atoms with van der Waals surface area (Å²) in [5.74, 6) is 0.651. The van der Waals surface area contributed by atoms with Crippen molar-refractivity contribution >= 4 is 17.4 Å². The van der Waals surface area contributed by atoms with Crippen molar-refractivity contribution < 1.29 is 9.53 Å². The highest BCUT2D eigenvalue weighted by molar-refractivity contribution is 7.10. The van der Waals surface area contributed by atoms with Crippen LogP contribution < -0.4 is 5.32 Å². The lowest BCUT2D eigenvalue weighted by Gasteiger charge is -2.34. The number of fused-ring (bicyclic) bond motifs is 1. The summed E-state index contributed by atoms with van der Waals surface area (Å²) < 4.78 is 5.97. The van der Waals surface area contributed by atoms with Crippen molar-refractivity contribution in [3.8, 4) is 0 Å². The number of carbonyl (C=O) groups excluding carboxylic acids is 1. The van der Waals surface area contributed by atoms with E-state index in [2.05, 4.69) is 30.6 Å². The van der Waals surface area contributed by atoms with Crippen LogP contribution in [0.5, 0.6) is 0 Å². The molecule has 1 aromatic heterocycles. The van der Waals surface area contributed by atoms with Crippen LogP contribution in [0.1, 0.15) is 56.0 Å². The maximum atomic E-state index is 12.4. The summed E-state index contributed by atoms with van der Waals surface area (Å²) in [7, 11) is 0. The Balaban J connectivity index is 1.41. The van der Waals surface area contributed by atoms with Gasteiger partial charge in [-0.15, -0.1) is 11.3 Å². The Morgan fingerprint density at radius 1 is 1.39 bits per heavy atom. The molecule has 2 amide bonds. The topological polar surface area (TPSA) is 41.6 Å². The fourth-order valence-electron chi connectivity index (χ4n) is 3.79. The number of hydrogen-bond donors (Lipinski definition) is 1. The zero-order valence-corrected chi connectivity index (χ0v) is 15.0. The second kappa shape index (κ2) is 7.67. The Labute approximate surface area is 143 Å². The molecule has 1 aromatic rings. The fraction of sp³-hybridized carbons (Fsp3) is 0.722.